The van der Waals surface area contributed by atoms with Crippen LogP contribution in [0.3, 0.4) is 0 Å². The molecule has 2 aliphatic carbocycles. The molecule has 0 saturated carbocycles. The Balaban J connectivity index is 0.584. The topological polar surface area (TPSA) is 16.3 Å². The number of hydrogen-bond donors (Lipinski definition) is 0. The lowest BCUT2D eigenvalue weighted by Gasteiger charge is -2.30. The first kappa shape index (κ1) is 65.3. The van der Waals surface area contributed by atoms with Crippen molar-refractivity contribution in [3.8, 4) is 100 Å². The number of anilines is 6. The highest BCUT2D eigenvalue weighted by Gasteiger charge is 2.51. The fourth-order valence-electron chi connectivity index (χ4n) is 18.5. The van der Waals surface area contributed by atoms with Crippen LogP contribution in [0.15, 0.2) is 437 Å². The van der Waals surface area contributed by atoms with E-state index in [0.29, 0.717) is 0 Å². The maximum Gasteiger partial charge on any atom is 0.0725 e. The standard InChI is InChI=1S/C109H72N4/c1-5-21-73(22-6-1)75-37-53-87(54-38-75)110(91-61-45-79(46-62-91)83-49-65-97-95-31-15-19-35-105(95)112(107(97)71-83)85-25-9-3-10-26-85)89-57-41-77(42-58-89)81-51-67-103-99(69-81)93-29-13-17-33-101(93)109(103)102-34-18-14-30-94(102)100-70-82(52-68-104(100)109)78-43-59-90(60-44-78)111(88-55-39-76(40-56-88)74-23-7-2-8-24-74)92-63-47-80(48-64-92)84-50-66-98-96-32-16-20-36-106(96)113(108(98)72-84)86-27-11-4-12-28-86/h1-72H. The largest absolute Gasteiger partial charge is 0.311 e. The molecule has 0 unspecified atom stereocenters. The summed E-state index contributed by atoms with van der Waals surface area (Å²) in [6, 6.07) is 161. The van der Waals surface area contributed by atoms with E-state index in [2.05, 4.69) is 456 Å². The summed E-state index contributed by atoms with van der Waals surface area (Å²) in [5.74, 6) is 0. The Bertz CT molecular complexity index is 6600. The second-order valence-electron chi connectivity index (χ2n) is 29.9. The van der Waals surface area contributed by atoms with Crippen LogP contribution in [-0.2, 0) is 5.41 Å². The molecule has 4 nitrogen and oxygen atoms in total. The van der Waals surface area contributed by atoms with E-state index in [1.807, 2.05) is 0 Å². The van der Waals surface area contributed by atoms with Gasteiger partial charge in [0.05, 0.1) is 27.5 Å². The number of fused-ring (bicyclic) bond motifs is 16. The van der Waals surface area contributed by atoms with E-state index in [9.17, 15) is 0 Å². The van der Waals surface area contributed by atoms with E-state index in [-0.39, 0.29) is 0 Å². The lowest BCUT2D eigenvalue weighted by Crippen LogP contribution is -2.25. The Morgan fingerprint density at radius 3 is 0.743 bits per heavy atom. The highest BCUT2D eigenvalue weighted by molar-refractivity contribution is 6.12. The van der Waals surface area contributed by atoms with Gasteiger partial charge in [-0.1, -0.05) is 303 Å². The molecule has 0 N–H and O–H groups in total. The van der Waals surface area contributed by atoms with Gasteiger partial charge in [-0.15, -0.1) is 0 Å². The normalized spacial score (nSPS) is 12.3. The molecule has 0 fully saturated rings. The van der Waals surface area contributed by atoms with Gasteiger partial charge in [0.15, 0.2) is 0 Å². The average Bonchev–Trinajstić information content (AvgIpc) is 1.51. The quantitative estimate of drug-likeness (QED) is 0.108. The van der Waals surface area contributed by atoms with Crippen molar-refractivity contribution in [2.45, 2.75) is 5.41 Å². The highest BCUT2D eigenvalue weighted by Crippen LogP contribution is 2.64. The summed E-state index contributed by atoms with van der Waals surface area (Å²) in [6.45, 7) is 0. The molecular formula is C109H72N4. The fraction of sp³-hybridized carbons (Fsp3) is 0.00917. The molecule has 2 heterocycles. The van der Waals surface area contributed by atoms with Crippen molar-refractivity contribution in [1.29, 1.82) is 0 Å². The van der Waals surface area contributed by atoms with Gasteiger partial charge in [-0.25, -0.2) is 0 Å². The van der Waals surface area contributed by atoms with Crippen molar-refractivity contribution in [2.75, 3.05) is 9.80 Å². The second kappa shape index (κ2) is 26.8. The summed E-state index contributed by atoms with van der Waals surface area (Å²) in [5.41, 5.74) is 37.5. The van der Waals surface area contributed by atoms with Crippen molar-refractivity contribution < 1.29 is 0 Å². The van der Waals surface area contributed by atoms with Crippen LogP contribution in [-0.4, -0.2) is 9.13 Å². The van der Waals surface area contributed by atoms with E-state index in [1.54, 1.807) is 0 Å². The third-order valence-electron chi connectivity index (χ3n) is 23.8. The van der Waals surface area contributed by atoms with Crippen molar-refractivity contribution in [1.82, 2.24) is 9.13 Å². The molecule has 0 radical (unpaired) electrons. The zero-order valence-corrected chi connectivity index (χ0v) is 61.9. The van der Waals surface area contributed by atoms with Gasteiger partial charge in [0, 0.05) is 67.0 Å². The third-order valence-corrected chi connectivity index (χ3v) is 23.8. The molecule has 2 aliphatic rings. The smallest absolute Gasteiger partial charge is 0.0725 e. The maximum atomic E-state index is 2.45. The minimum atomic E-state index is -0.509. The number of para-hydroxylation sites is 4. The molecule has 2 aromatic heterocycles. The van der Waals surface area contributed by atoms with Crippen LogP contribution in [0.5, 0.6) is 0 Å². The molecule has 4 heteroatoms. The molecule has 0 atom stereocenters. The summed E-state index contributed by atoms with van der Waals surface area (Å²) >= 11 is 0. The van der Waals surface area contributed by atoms with Gasteiger partial charge in [0.25, 0.3) is 0 Å². The molecule has 0 amide bonds. The monoisotopic (exact) mass is 1440 g/mol. The molecule has 1 spiro atoms. The minimum absolute atomic E-state index is 0.509. The van der Waals surface area contributed by atoms with Crippen molar-refractivity contribution in [2.24, 2.45) is 0 Å². The highest BCUT2D eigenvalue weighted by atomic mass is 15.1. The fourth-order valence-corrected chi connectivity index (χ4v) is 18.5. The minimum Gasteiger partial charge on any atom is -0.311 e. The van der Waals surface area contributed by atoms with Crippen molar-refractivity contribution >= 4 is 77.7 Å². The first-order valence-corrected chi connectivity index (χ1v) is 39.0. The molecule has 18 aromatic carbocycles. The Labute approximate surface area is 657 Å². The van der Waals surface area contributed by atoms with E-state index >= 15 is 0 Å². The van der Waals surface area contributed by atoms with E-state index in [1.165, 1.54) is 133 Å². The average molecular weight is 1440 g/mol. The number of rotatable bonds is 14. The lowest BCUT2D eigenvalue weighted by molar-refractivity contribution is 0.794. The molecular weight excluding hydrogens is 1370 g/mol. The van der Waals surface area contributed by atoms with Crippen LogP contribution in [0.25, 0.3) is 144 Å². The van der Waals surface area contributed by atoms with Crippen LogP contribution in [0.1, 0.15) is 22.3 Å². The van der Waals surface area contributed by atoms with Crippen LogP contribution >= 0.6 is 0 Å². The van der Waals surface area contributed by atoms with Crippen LogP contribution < -0.4 is 9.80 Å². The second-order valence-corrected chi connectivity index (χ2v) is 29.9. The van der Waals surface area contributed by atoms with Gasteiger partial charge in [0.2, 0.25) is 0 Å². The van der Waals surface area contributed by atoms with E-state index < -0.39 is 5.41 Å². The number of benzene rings is 18. The summed E-state index contributed by atoms with van der Waals surface area (Å²) in [6.07, 6.45) is 0. The zero-order chi connectivity index (χ0) is 74.5. The molecule has 0 saturated heterocycles. The Morgan fingerprint density at radius 2 is 0.398 bits per heavy atom. The van der Waals surface area contributed by atoms with Gasteiger partial charge < -0.3 is 18.9 Å². The van der Waals surface area contributed by atoms with E-state index in [0.717, 1.165) is 67.8 Å². The van der Waals surface area contributed by atoms with Gasteiger partial charge in [-0.2, -0.15) is 0 Å². The lowest BCUT2D eigenvalue weighted by atomic mass is 9.70. The van der Waals surface area contributed by atoms with Gasteiger partial charge in [-0.3, -0.25) is 0 Å². The van der Waals surface area contributed by atoms with Crippen LogP contribution in [0.4, 0.5) is 34.1 Å². The predicted octanol–water partition coefficient (Wildman–Crippen LogP) is 29.2. The molecule has 0 bridgehead atoms. The summed E-state index contributed by atoms with van der Waals surface area (Å²) < 4.78 is 4.79. The first-order valence-electron chi connectivity index (χ1n) is 39.0. The summed E-state index contributed by atoms with van der Waals surface area (Å²) in [4.78, 5) is 4.76. The van der Waals surface area contributed by atoms with Crippen LogP contribution in [0.2, 0.25) is 0 Å². The van der Waals surface area contributed by atoms with Crippen LogP contribution in [0, 0.1) is 0 Å². The molecule has 22 rings (SSSR count). The van der Waals surface area contributed by atoms with Gasteiger partial charge in [-0.05, 0) is 245 Å². The van der Waals surface area contributed by atoms with Gasteiger partial charge in [0.1, 0.15) is 0 Å². The van der Waals surface area contributed by atoms with Crippen molar-refractivity contribution in [3.05, 3.63) is 459 Å². The first-order chi connectivity index (χ1) is 56.0. The Kier molecular flexibility index (Phi) is 15.5. The molecule has 0 aliphatic heterocycles. The maximum absolute atomic E-state index is 2.45. The Hall–Kier alpha value is -14.8. The predicted molar refractivity (Wildman–Crippen MR) is 473 cm³/mol. The molecule has 20 aromatic rings. The summed E-state index contributed by atoms with van der Waals surface area (Å²) in [7, 11) is 0. The zero-order valence-electron chi connectivity index (χ0n) is 61.9. The van der Waals surface area contributed by atoms with Crippen molar-refractivity contribution in [3.63, 3.8) is 0 Å². The SMILES string of the molecule is c1ccc(-c2ccc(N(c3ccc(-c4ccc5c(c4)-c4ccccc4C54c5ccccc5-c5cc(-c6ccc(N(c7ccc(-c8ccccc8)cc7)c7ccc(-c8ccc9c%10ccccc%10n(-c%10ccccc%10)c9c8)cc7)cc6)ccc54)cc3)c3ccc(-c4ccc5c6ccccc6n(-c6ccccc6)c5c4)cc3)cc2)cc1. The summed E-state index contributed by atoms with van der Waals surface area (Å²) in [5, 5.41) is 4.98. The van der Waals surface area contributed by atoms with E-state index in [4.69, 9.17) is 0 Å². The molecule has 528 valence electrons. The number of hydrogen-bond acceptors (Lipinski definition) is 2. The number of nitrogens with zero attached hydrogens (tertiary/aromatic N) is 4. The number of aromatic nitrogens is 2. The molecule has 113 heavy (non-hydrogen) atoms. The van der Waals surface area contributed by atoms with Gasteiger partial charge >= 0.3 is 0 Å². The third kappa shape index (κ3) is 10.8. The Morgan fingerprint density at radius 1 is 0.159 bits per heavy atom.